The minimum absolute atomic E-state index is 0.269. The van der Waals surface area contributed by atoms with Crippen molar-refractivity contribution in [2.45, 2.75) is 24.7 Å². The van der Waals surface area contributed by atoms with Crippen molar-refractivity contribution in [2.24, 2.45) is 0 Å². The average Bonchev–Trinajstić information content (AvgIpc) is 2.69. The molecular weight excluding hydrogens is 324 g/mol. The molecule has 26 heavy (non-hydrogen) atoms. The van der Waals surface area contributed by atoms with E-state index in [-0.39, 0.29) is 11.8 Å². The zero-order valence-corrected chi connectivity index (χ0v) is 14.7. The molecule has 0 bridgehead atoms. The first-order valence-electron chi connectivity index (χ1n) is 8.58. The van der Waals surface area contributed by atoms with Gasteiger partial charge in [0, 0.05) is 0 Å². The molecule has 2 aromatic rings. The zero-order valence-electron chi connectivity index (χ0n) is 14.7. The van der Waals surface area contributed by atoms with E-state index in [1.807, 2.05) is 60.7 Å². The Labute approximate surface area is 154 Å². The van der Waals surface area contributed by atoms with Crippen LogP contribution >= 0.6 is 0 Å². The van der Waals surface area contributed by atoms with E-state index in [1.54, 1.807) is 12.2 Å². The molecule has 0 aliphatic carbocycles. The highest BCUT2D eigenvalue weighted by Gasteiger charge is 2.22. The summed E-state index contributed by atoms with van der Waals surface area (Å²) in [7, 11) is 0. The van der Waals surface area contributed by atoms with Gasteiger partial charge in [0.15, 0.2) is 0 Å². The van der Waals surface area contributed by atoms with Crippen LogP contribution in [0.25, 0.3) is 0 Å². The van der Waals surface area contributed by atoms with E-state index >= 15 is 0 Å². The standard InChI is InChI=1S/C22H24N2O2/c1-3-11-19(17-13-7-5-8-14-17)21(25)23-24-22(26)20(12-4-2)18-15-9-6-10-16-18/h3-10,13-16,19-20H,1-2,11-12H2,(H,23,25)(H,24,26)/t19-,20+. The van der Waals surface area contributed by atoms with Crippen LogP contribution in [0.3, 0.4) is 0 Å². The second-order valence-electron chi connectivity index (χ2n) is 5.95. The number of hydrazine groups is 1. The van der Waals surface area contributed by atoms with E-state index in [9.17, 15) is 9.59 Å². The molecule has 0 saturated carbocycles. The van der Waals surface area contributed by atoms with E-state index in [1.165, 1.54) is 0 Å². The van der Waals surface area contributed by atoms with Gasteiger partial charge in [0.1, 0.15) is 0 Å². The van der Waals surface area contributed by atoms with Crippen molar-refractivity contribution < 1.29 is 9.59 Å². The van der Waals surface area contributed by atoms with Crippen LogP contribution in [0.5, 0.6) is 0 Å². The monoisotopic (exact) mass is 348 g/mol. The summed E-state index contributed by atoms with van der Waals surface area (Å²) in [5.74, 6) is -1.34. The number of hydrogen-bond donors (Lipinski definition) is 2. The van der Waals surface area contributed by atoms with Gasteiger partial charge in [-0.05, 0) is 24.0 Å². The van der Waals surface area contributed by atoms with Crippen LogP contribution in [0.1, 0.15) is 35.8 Å². The third kappa shape index (κ3) is 5.18. The van der Waals surface area contributed by atoms with Gasteiger partial charge in [-0.15, -0.1) is 13.2 Å². The van der Waals surface area contributed by atoms with Crippen molar-refractivity contribution in [1.82, 2.24) is 10.9 Å². The van der Waals surface area contributed by atoms with Crippen LogP contribution < -0.4 is 10.9 Å². The van der Waals surface area contributed by atoms with Gasteiger partial charge in [-0.25, -0.2) is 0 Å². The second kappa shape index (κ2) is 9.99. The van der Waals surface area contributed by atoms with Gasteiger partial charge in [0.05, 0.1) is 11.8 Å². The molecule has 2 N–H and O–H groups in total. The Bertz CT molecular complexity index is 676. The van der Waals surface area contributed by atoms with Crippen LogP contribution in [0.4, 0.5) is 0 Å². The Morgan fingerprint density at radius 2 is 1.08 bits per heavy atom. The molecule has 2 atom stereocenters. The van der Waals surface area contributed by atoms with Crippen molar-refractivity contribution in [2.75, 3.05) is 0 Å². The number of allylic oxidation sites excluding steroid dienone is 2. The lowest BCUT2D eigenvalue weighted by Crippen LogP contribution is -2.45. The molecule has 0 saturated heterocycles. The minimum atomic E-state index is -0.399. The first-order chi connectivity index (χ1) is 12.7. The van der Waals surface area contributed by atoms with E-state index in [2.05, 4.69) is 24.0 Å². The Hall–Kier alpha value is -3.14. The van der Waals surface area contributed by atoms with E-state index in [4.69, 9.17) is 0 Å². The maximum absolute atomic E-state index is 12.6. The maximum Gasteiger partial charge on any atom is 0.246 e. The van der Waals surface area contributed by atoms with Crippen LogP contribution in [-0.2, 0) is 9.59 Å². The Balaban J connectivity index is 2.04. The first kappa shape index (κ1) is 19.2. The maximum atomic E-state index is 12.6. The second-order valence-corrected chi connectivity index (χ2v) is 5.95. The smallest absolute Gasteiger partial charge is 0.246 e. The number of carbonyl (C=O) groups is 2. The predicted octanol–water partition coefficient (Wildman–Crippen LogP) is 3.85. The molecule has 2 amide bonds. The summed E-state index contributed by atoms with van der Waals surface area (Å²) in [4.78, 5) is 25.1. The summed E-state index contributed by atoms with van der Waals surface area (Å²) < 4.78 is 0. The molecule has 0 heterocycles. The van der Waals surface area contributed by atoms with Crippen molar-refractivity contribution in [1.29, 1.82) is 0 Å². The van der Waals surface area contributed by atoms with Crippen LogP contribution in [-0.4, -0.2) is 11.8 Å². The molecular formula is C22H24N2O2. The predicted molar refractivity (Wildman–Crippen MR) is 104 cm³/mol. The highest BCUT2D eigenvalue weighted by Crippen LogP contribution is 2.21. The Kier molecular flexibility index (Phi) is 7.37. The van der Waals surface area contributed by atoms with E-state index in [0.29, 0.717) is 12.8 Å². The normalized spacial score (nSPS) is 12.5. The SMILES string of the molecule is C=CC[C@H](C(=O)NNC(=O)[C@H](CC=C)c1ccccc1)c1ccccc1. The molecule has 0 aliphatic rings. The van der Waals surface area contributed by atoms with Gasteiger partial charge in [-0.3, -0.25) is 20.4 Å². The van der Waals surface area contributed by atoms with Crippen molar-refractivity contribution in [3.63, 3.8) is 0 Å². The average molecular weight is 348 g/mol. The molecule has 4 nitrogen and oxygen atoms in total. The summed E-state index contributed by atoms with van der Waals surface area (Å²) in [6.45, 7) is 7.43. The van der Waals surface area contributed by atoms with E-state index < -0.39 is 11.8 Å². The van der Waals surface area contributed by atoms with Crippen LogP contribution in [0.15, 0.2) is 86.0 Å². The number of benzene rings is 2. The summed E-state index contributed by atoms with van der Waals surface area (Å²) in [6.07, 6.45) is 4.37. The fourth-order valence-electron chi connectivity index (χ4n) is 2.79. The molecule has 0 unspecified atom stereocenters. The molecule has 0 radical (unpaired) electrons. The topological polar surface area (TPSA) is 58.2 Å². The third-order valence-corrected chi connectivity index (χ3v) is 4.15. The highest BCUT2D eigenvalue weighted by atomic mass is 16.2. The summed E-state index contributed by atoms with van der Waals surface area (Å²) >= 11 is 0. The van der Waals surface area contributed by atoms with Gasteiger partial charge in [0.2, 0.25) is 11.8 Å². The number of carbonyl (C=O) groups excluding carboxylic acids is 2. The van der Waals surface area contributed by atoms with Gasteiger partial charge in [-0.2, -0.15) is 0 Å². The van der Waals surface area contributed by atoms with E-state index in [0.717, 1.165) is 11.1 Å². The lowest BCUT2D eigenvalue weighted by molar-refractivity contribution is -0.130. The molecule has 0 fully saturated rings. The molecule has 2 aromatic carbocycles. The fourth-order valence-corrected chi connectivity index (χ4v) is 2.79. The molecule has 2 rings (SSSR count). The number of nitrogens with one attached hydrogen (secondary N) is 2. The minimum Gasteiger partial charge on any atom is -0.273 e. The zero-order chi connectivity index (χ0) is 18.8. The summed E-state index contributed by atoms with van der Waals surface area (Å²) in [5.41, 5.74) is 6.87. The number of rotatable bonds is 8. The number of amides is 2. The first-order valence-corrected chi connectivity index (χ1v) is 8.58. The van der Waals surface area contributed by atoms with Crippen LogP contribution in [0.2, 0.25) is 0 Å². The van der Waals surface area contributed by atoms with Gasteiger partial charge >= 0.3 is 0 Å². The van der Waals surface area contributed by atoms with Crippen molar-refractivity contribution >= 4 is 11.8 Å². The van der Waals surface area contributed by atoms with Gasteiger partial charge in [-0.1, -0.05) is 72.8 Å². The quantitative estimate of drug-likeness (QED) is 0.562. The lowest BCUT2D eigenvalue weighted by atomic mass is 9.94. The fraction of sp³-hybridized carbons (Fsp3) is 0.182. The largest absolute Gasteiger partial charge is 0.273 e. The van der Waals surface area contributed by atoms with Gasteiger partial charge < -0.3 is 0 Å². The number of hydrogen-bond acceptors (Lipinski definition) is 2. The molecule has 4 heteroatoms. The van der Waals surface area contributed by atoms with Gasteiger partial charge in [0.25, 0.3) is 0 Å². The van der Waals surface area contributed by atoms with Crippen LogP contribution in [0, 0.1) is 0 Å². The van der Waals surface area contributed by atoms with Crippen molar-refractivity contribution in [3.8, 4) is 0 Å². The molecule has 0 aliphatic heterocycles. The van der Waals surface area contributed by atoms with Crippen molar-refractivity contribution in [3.05, 3.63) is 97.1 Å². The summed E-state index contributed by atoms with van der Waals surface area (Å²) in [6, 6.07) is 18.9. The lowest BCUT2D eigenvalue weighted by Gasteiger charge is -2.19. The Morgan fingerprint density at radius 3 is 1.38 bits per heavy atom. The third-order valence-electron chi connectivity index (χ3n) is 4.15. The Morgan fingerprint density at radius 1 is 0.731 bits per heavy atom. The molecule has 134 valence electrons. The molecule has 0 spiro atoms. The highest BCUT2D eigenvalue weighted by molar-refractivity contribution is 5.89. The summed E-state index contributed by atoms with van der Waals surface area (Å²) in [5, 5.41) is 0. The molecule has 0 aromatic heterocycles.